The molecule has 11 aromatic rings. The van der Waals surface area contributed by atoms with Crippen LogP contribution in [0.4, 0.5) is 0 Å². The first-order chi connectivity index (χ1) is 26.8. The highest BCUT2D eigenvalue weighted by Gasteiger charge is 2.29. The van der Waals surface area contributed by atoms with E-state index in [0.29, 0.717) is 11.4 Å². The number of benzene rings is 7. The Morgan fingerprint density at radius 3 is 2.07 bits per heavy atom. The zero-order valence-corrected chi connectivity index (χ0v) is 29.6. The van der Waals surface area contributed by atoms with Gasteiger partial charge in [-0.3, -0.25) is 9.13 Å². The highest BCUT2D eigenvalue weighted by atomic mass is 32.2. The maximum absolute atomic E-state index is 6.36. The van der Waals surface area contributed by atoms with Gasteiger partial charge in [0.2, 0.25) is 0 Å². The molecule has 0 unspecified atom stereocenters. The van der Waals surface area contributed by atoms with Crippen molar-refractivity contribution in [1.82, 2.24) is 19.1 Å². The van der Waals surface area contributed by atoms with Crippen LogP contribution in [0.25, 0.3) is 100 Å². The summed E-state index contributed by atoms with van der Waals surface area (Å²) in [5, 5.41) is 4.74. The molecule has 0 N–H and O–H groups in total. The Hall–Kier alpha value is -6.89. The van der Waals surface area contributed by atoms with Gasteiger partial charge in [-0.05, 0) is 59.7 Å². The summed E-state index contributed by atoms with van der Waals surface area (Å²) in [7, 11) is 0. The van der Waals surface area contributed by atoms with E-state index in [9.17, 15) is 0 Å². The molecule has 0 aliphatic carbocycles. The van der Waals surface area contributed by atoms with Gasteiger partial charge in [-0.15, -0.1) is 0 Å². The van der Waals surface area contributed by atoms with Gasteiger partial charge in [0, 0.05) is 48.2 Å². The van der Waals surface area contributed by atoms with E-state index in [1.807, 2.05) is 48.2 Å². The predicted molar refractivity (Wildman–Crippen MR) is 221 cm³/mol. The second-order valence-corrected chi connectivity index (χ2v) is 14.8. The molecule has 6 heteroatoms. The summed E-state index contributed by atoms with van der Waals surface area (Å²) >= 11 is 1.85. The van der Waals surface area contributed by atoms with E-state index >= 15 is 0 Å². The number of fused-ring (bicyclic) bond motifs is 10. The Kier molecular flexibility index (Phi) is 6.21. The van der Waals surface area contributed by atoms with E-state index in [0.717, 1.165) is 44.6 Å². The molecule has 0 saturated carbocycles. The highest BCUT2D eigenvalue weighted by Crippen LogP contribution is 2.51. The minimum absolute atomic E-state index is 0.667. The summed E-state index contributed by atoms with van der Waals surface area (Å²) < 4.78 is 11.3. The number of furan rings is 1. The van der Waals surface area contributed by atoms with Crippen molar-refractivity contribution in [3.05, 3.63) is 170 Å². The first kappa shape index (κ1) is 29.7. The Morgan fingerprint density at radius 1 is 0.500 bits per heavy atom. The van der Waals surface area contributed by atoms with Crippen molar-refractivity contribution in [1.29, 1.82) is 0 Å². The van der Waals surface area contributed by atoms with Crippen LogP contribution in [-0.4, -0.2) is 19.1 Å². The molecule has 54 heavy (non-hydrogen) atoms. The van der Waals surface area contributed by atoms with E-state index in [4.69, 9.17) is 14.4 Å². The molecular weight excluding hydrogens is 681 g/mol. The summed E-state index contributed by atoms with van der Waals surface area (Å²) in [6, 6.07) is 60.0. The minimum Gasteiger partial charge on any atom is -0.452 e. The summed E-state index contributed by atoms with van der Waals surface area (Å²) in [5.74, 6) is 0.667. The van der Waals surface area contributed by atoms with Gasteiger partial charge in [0.1, 0.15) is 22.4 Å². The Balaban J connectivity index is 1.10. The fourth-order valence-corrected chi connectivity index (χ4v) is 9.50. The number of para-hydroxylation sites is 4. The van der Waals surface area contributed by atoms with Crippen LogP contribution in [0.2, 0.25) is 0 Å². The monoisotopic (exact) mass is 708 g/mol. The zero-order chi connectivity index (χ0) is 35.3. The van der Waals surface area contributed by atoms with Crippen LogP contribution in [0.1, 0.15) is 0 Å². The largest absolute Gasteiger partial charge is 0.452 e. The van der Waals surface area contributed by atoms with E-state index in [1.54, 1.807) is 0 Å². The van der Waals surface area contributed by atoms with E-state index in [-0.39, 0.29) is 0 Å². The molecule has 0 amide bonds. The smallest absolute Gasteiger partial charge is 0.180 e. The van der Waals surface area contributed by atoms with Crippen LogP contribution in [0.3, 0.4) is 0 Å². The van der Waals surface area contributed by atoms with Crippen molar-refractivity contribution in [2.45, 2.75) is 9.79 Å². The maximum atomic E-state index is 6.36. The van der Waals surface area contributed by atoms with E-state index < -0.39 is 0 Å². The molecule has 0 atom stereocenters. The molecule has 0 saturated heterocycles. The third-order valence-electron chi connectivity index (χ3n) is 10.7. The summed E-state index contributed by atoms with van der Waals surface area (Å²) in [6.45, 7) is 0. The van der Waals surface area contributed by atoms with Gasteiger partial charge < -0.3 is 4.42 Å². The van der Waals surface area contributed by atoms with Crippen molar-refractivity contribution < 1.29 is 4.42 Å². The fraction of sp³-hybridized carbons (Fsp3) is 0. The molecule has 0 spiro atoms. The summed E-state index contributed by atoms with van der Waals surface area (Å²) in [5.41, 5.74) is 13.3. The van der Waals surface area contributed by atoms with Crippen LogP contribution in [-0.2, 0) is 0 Å². The van der Waals surface area contributed by atoms with Crippen molar-refractivity contribution in [2.24, 2.45) is 0 Å². The van der Waals surface area contributed by atoms with Crippen LogP contribution in [0, 0.1) is 0 Å². The molecule has 0 radical (unpaired) electrons. The molecule has 12 rings (SSSR count). The van der Waals surface area contributed by atoms with Crippen LogP contribution >= 0.6 is 11.8 Å². The van der Waals surface area contributed by atoms with Crippen molar-refractivity contribution >= 4 is 66.7 Å². The molecule has 7 aromatic carbocycles. The van der Waals surface area contributed by atoms with Gasteiger partial charge in [-0.2, -0.15) is 0 Å². The number of hydrogen-bond acceptors (Lipinski definition) is 4. The molecule has 1 aliphatic heterocycles. The third kappa shape index (κ3) is 4.17. The Labute approximate surface area is 313 Å². The number of nitrogens with zero attached hydrogens (tertiary/aromatic N) is 4. The van der Waals surface area contributed by atoms with Gasteiger partial charge in [0.25, 0.3) is 0 Å². The second kappa shape index (κ2) is 11.3. The maximum Gasteiger partial charge on any atom is 0.180 e. The van der Waals surface area contributed by atoms with Gasteiger partial charge in [0.05, 0.1) is 16.7 Å². The molecule has 5 nitrogen and oxygen atoms in total. The van der Waals surface area contributed by atoms with Crippen LogP contribution in [0.5, 0.6) is 0 Å². The van der Waals surface area contributed by atoms with Crippen LogP contribution in [0.15, 0.2) is 184 Å². The third-order valence-corrected chi connectivity index (χ3v) is 11.8. The molecule has 0 bridgehead atoms. The zero-order valence-electron chi connectivity index (χ0n) is 28.8. The summed E-state index contributed by atoms with van der Waals surface area (Å²) in [6.07, 6.45) is 0. The number of aromatic nitrogens is 4. The second-order valence-electron chi connectivity index (χ2n) is 13.7. The molecule has 0 fully saturated rings. The average molecular weight is 709 g/mol. The first-order valence-corrected chi connectivity index (χ1v) is 18.9. The lowest BCUT2D eigenvalue weighted by molar-refractivity contribution is 0.667. The standard InChI is InChI=1S/C48H28N4OS/c1-3-13-30(14-4-1)43-46-44(34-17-7-9-22-38(34)53-46)50-47(49-43)31-27-25-29(26-28-31)33-18-11-21-37-41(33)42-35-19-12-24-40-45(35)52(36-20-8-10-23-39(36)54-40)48(42)51(37)32-15-5-2-6-16-32/h1-28H. The lowest BCUT2D eigenvalue weighted by Gasteiger charge is -2.21. The fourth-order valence-electron chi connectivity index (χ4n) is 8.41. The molecule has 1 aliphatic rings. The van der Waals surface area contributed by atoms with Gasteiger partial charge in [-0.25, -0.2) is 9.97 Å². The summed E-state index contributed by atoms with van der Waals surface area (Å²) in [4.78, 5) is 12.8. The van der Waals surface area contributed by atoms with Crippen molar-refractivity contribution in [2.75, 3.05) is 0 Å². The van der Waals surface area contributed by atoms with E-state index in [1.165, 1.54) is 53.9 Å². The molecule has 5 heterocycles. The van der Waals surface area contributed by atoms with Gasteiger partial charge in [-0.1, -0.05) is 133 Å². The van der Waals surface area contributed by atoms with Crippen molar-refractivity contribution in [3.8, 4) is 45.1 Å². The number of hydrogen-bond donors (Lipinski definition) is 0. The number of rotatable bonds is 4. The molecule has 4 aromatic heterocycles. The lowest BCUT2D eigenvalue weighted by atomic mass is 9.98. The van der Waals surface area contributed by atoms with Gasteiger partial charge in [0.15, 0.2) is 11.4 Å². The Bertz CT molecular complexity index is 3290. The Morgan fingerprint density at radius 2 is 1.20 bits per heavy atom. The first-order valence-electron chi connectivity index (χ1n) is 18.1. The average Bonchev–Trinajstić information content (AvgIpc) is 3.90. The quantitative estimate of drug-likeness (QED) is 0.183. The molecular formula is C48H28N4OS. The highest BCUT2D eigenvalue weighted by molar-refractivity contribution is 7.99. The SMILES string of the molecule is c1ccc(-c2nc(-c3ccc(-c4cccc5c4c4c6cccc7c6n(c4n5-c4ccccc4)-c4ccccc4S7)cc3)nc3c2oc2ccccc23)cc1. The predicted octanol–water partition coefficient (Wildman–Crippen LogP) is 12.9. The topological polar surface area (TPSA) is 48.8 Å². The van der Waals surface area contributed by atoms with Gasteiger partial charge >= 0.3 is 0 Å². The molecule has 252 valence electrons. The normalized spacial score (nSPS) is 12.4. The van der Waals surface area contributed by atoms with E-state index in [2.05, 4.69) is 143 Å². The van der Waals surface area contributed by atoms with Crippen molar-refractivity contribution in [3.63, 3.8) is 0 Å². The van der Waals surface area contributed by atoms with Crippen LogP contribution < -0.4 is 0 Å². The lowest BCUT2D eigenvalue weighted by Crippen LogP contribution is -2.05. The minimum atomic E-state index is 0.667.